The lowest BCUT2D eigenvalue weighted by Crippen LogP contribution is -2.03. The van der Waals surface area contributed by atoms with Gasteiger partial charge in [-0.05, 0) is 30.2 Å². The number of hydrogen-bond acceptors (Lipinski definition) is 2. The molecule has 0 aliphatic heterocycles. The van der Waals surface area contributed by atoms with E-state index in [0.717, 1.165) is 6.42 Å². The van der Waals surface area contributed by atoms with Crippen molar-refractivity contribution in [3.05, 3.63) is 59.1 Å². The van der Waals surface area contributed by atoms with Crippen LogP contribution in [-0.4, -0.2) is 9.96 Å². The number of aryl methyl sites for hydroxylation is 1. The Morgan fingerprint density at radius 1 is 1.11 bits per heavy atom. The van der Waals surface area contributed by atoms with Gasteiger partial charge in [-0.25, -0.2) is 0 Å². The van der Waals surface area contributed by atoms with Crippen molar-refractivity contribution in [2.75, 3.05) is 11.5 Å². The molecule has 2 aromatic carbocycles. The minimum atomic E-state index is -1.12. The summed E-state index contributed by atoms with van der Waals surface area (Å²) in [6, 6.07) is 15.1. The molecule has 1 unspecified atom stereocenters. The summed E-state index contributed by atoms with van der Waals surface area (Å²) in [5.74, 6) is 0.549. The van der Waals surface area contributed by atoms with Gasteiger partial charge in [-0.15, -0.1) is 0 Å². The Balaban J connectivity index is 2.06. The predicted molar refractivity (Wildman–Crippen MR) is 77.3 cm³/mol. The van der Waals surface area contributed by atoms with E-state index in [4.69, 9.17) is 17.3 Å². The molecule has 0 spiro atoms. The van der Waals surface area contributed by atoms with Gasteiger partial charge in [-0.2, -0.15) is 0 Å². The van der Waals surface area contributed by atoms with Crippen LogP contribution in [0.4, 0.5) is 5.69 Å². The SMILES string of the molecule is Nc1ccc(Cl)c(S(=O)CCc2ccccc2)c1. The van der Waals surface area contributed by atoms with Crippen LogP contribution in [0.15, 0.2) is 53.4 Å². The highest BCUT2D eigenvalue weighted by Crippen LogP contribution is 2.22. The van der Waals surface area contributed by atoms with Gasteiger partial charge in [0.2, 0.25) is 0 Å². The molecule has 0 fully saturated rings. The topological polar surface area (TPSA) is 43.1 Å². The van der Waals surface area contributed by atoms with Gasteiger partial charge in [0.05, 0.1) is 20.7 Å². The van der Waals surface area contributed by atoms with Crippen LogP contribution in [0.3, 0.4) is 0 Å². The molecule has 0 aliphatic rings. The van der Waals surface area contributed by atoms with Gasteiger partial charge in [0.25, 0.3) is 0 Å². The summed E-state index contributed by atoms with van der Waals surface area (Å²) in [5.41, 5.74) is 7.44. The number of nitrogen functional groups attached to an aromatic ring is 1. The fourth-order valence-electron chi connectivity index (χ4n) is 1.66. The van der Waals surface area contributed by atoms with Crippen molar-refractivity contribution in [2.45, 2.75) is 11.3 Å². The molecule has 0 heterocycles. The third-order valence-corrected chi connectivity index (χ3v) is 4.46. The summed E-state index contributed by atoms with van der Waals surface area (Å²) in [4.78, 5) is 0.618. The molecule has 94 valence electrons. The number of rotatable bonds is 4. The summed E-state index contributed by atoms with van der Waals surface area (Å²) in [6.07, 6.45) is 0.762. The van der Waals surface area contributed by atoms with Gasteiger partial charge >= 0.3 is 0 Å². The summed E-state index contributed by atoms with van der Waals surface area (Å²) >= 11 is 6.02. The molecule has 0 bridgehead atoms. The molecule has 0 amide bonds. The van der Waals surface area contributed by atoms with Crippen LogP contribution in [-0.2, 0) is 17.2 Å². The third kappa shape index (κ3) is 3.34. The van der Waals surface area contributed by atoms with Crippen molar-refractivity contribution in [1.82, 2.24) is 0 Å². The second-order valence-corrected chi connectivity index (χ2v) is 5.92. The first kappa shape index (κ1) is 13.1. The molecule has 2 nitrogen and oxygen atoms in total. The van der Waals surface area contributed by atoms with Crippen LogP contribution in [0.1, 0.15) is 5.56 Å². The maximum Gasteiger partial charge on any atom is 0.0594 e. The molecule has 0 aromatic heterocycles. The van der Waals surface area contributed by atoms with Gasteiger partial charge < -0.3 is 5.73 Å². The van der Waals surface area contributed by atoms with Crippen LogP contribution in [0.25, 0.3) is 0 Å². The molecular weight excluding hydrogens is 266 g/mol. The van der Waals surface area contributed by atoms with E-state index in [1.165, 1.54) is 5.56 Å². The maximum atomic E-state index is 12.2. The smallest absolute Gasteiger partial charge is 0.0594 e. The lowest BCUT2D eigenvalue weighted by molar-refractivity contribution is 0.682. The molecule has 0 radical (unpaired) electrons. The van der Waals surface area contributed by atoms with Gasteiger partial charge in [-0.3, -0.25) is 4.21 Å². The summed E-state index contributed by atoms with van der Waals surface area (Å²) < 4.78 is 12.2. The Bertz CT molecular complexity index is 557. The van der Waals surface area contributed by atoms with Crippen molar-refractivity contribution in [3.63, 3.8) is 0 Å². The largest absolute Gasteiger partial charge is 0.399 e. The molecular formula is C14H14ClNOS. The van der Waals surface area contributed by atoms with Crippen LogP contribution in [0.5, 0.6) is 0 Å². The Hall–Kier alpha value is -1.32. The van der Waals surface area contributed by atoms with Crippen LogP contribution in [0, 0.1) is 0 Å². The molecule has 4 heteroatoms. The second-order valence-electron chi connectivity index (χ2n) is 3.98. The molecule has 2 N–H and O–H groups in total. The predicted octanol–water partition coefficient (Wildman–Crippen LogP) is 3.27. The van der Waals surface area contributed by atoms with Gasteiger partial charge in [0.1, 0.15) is 0 Å². The Morgan fingerprint density at radius 3 is 2.56 bits per heavy atom. The zero-order valence-corrected chi connectivity index (χ0v) is 11.4. The molecule has 1 atom stereocenters. The number of hydrogen-bond donors (Lipinski definition) is 1. The number of anilines is 1. The quantitative estimate of drug-likeness (QED) is 0.873. The number of benzene rings is 2. The molecule has 0 saturated carbocycles. The van der Waals surface area contributed by atoms with Crippen molar-refractivity contribution in [2.24, 2.45) is 0 Å². The highest BCUT2D eigenvalue weighted by Gasteiger charge is 2.09. The zero-order chi connectivity index (χ0) is 13.0. The third-order valence-electron chi connectivity index (χ3n) is 2.62. The summed E-state index contributed by atoms with van der Waals surface area (Å²) in [5, 5.41) is 0.510. The molecule has 0 aliphatic carbocycles. The normalized spacial score (nSPS) is 12.3. The lowest BCUT2D eigenvalue weighted by atomic mass is 10.2. The van der Waals surface area contributed by atoms with Gasteiger partial charge in [0, 0.05) is 11.4 Å². The Morgan fingerprint density at radius 2 is 1.83 bits per heavy atom. The second kappa shape index (κ2) is 6.03. The van der Waals surface area contributed by atoms with E-state index in [0.29, 0.717) is 21.4 Å². The fourth-order valence-corrected chi connectivity index (χ4v) is 3.23. The van der Waals surface area contributed by atoms with Gasteiger partial charge in [0.15, 0.2) is 0 Å². The molecule has 2 rings (SSSR count). The summed E-state index contributed by atoms with van der Waals surface area (Å²) in [7, 11) is -1.12. The standard InChI is InChI=1S/C14H14ClNOS/c15-13-7-6-12(16)10-14(13)18(17)9-8-11-4-2-1-3-5-11/h1-7,10H,8-9,16H2. The Kier molecular flexibility index (Phi) is 4.39. The maximum absolute atomic E-state index is 12.2. The van der Waals surface area contributed by atoms with E-state index in [1.54, 1.807) is 18.2 Å². The van der Waals surface area contributed by atoms with Crippen molar-refractivity contribution in [3.8, 4) is 0 Å². The monoisotopic (exact) mass is 279 g/mol. The van der Waals surface area contributed by atoms with Crippen molar-refractivity contribution < 1.29 is 4.21 Å². The van der Waals surface area contributed by atoms with Crippen molar-refractivity contribution in [1.29, 1.82) is 0 Å². The van der Waals surface area contributed by atoms with E-state index in [2.05, 4.69) is 0 Å². The van der Waals surface area contributed by atoms with Gasteiger partial charge in [-0.1, -0.05) is 41.9 Å². The fraction of sp³-hybridized carbons (Fsp3) is 0.143. The molecule has 2 aromatic rings. The summed E-state index contributed by atoms with van der Waals surface area (Å²) in [6.45, 7) is 0. The van der Waals surface area contributed by atoms with Crippen molar-refractivity contribution >= 4 is 28.1 Å². The van der Waals surface area contributed by atoms with Crippen LogP contribution < -0.4 is 5.73 Å². The zero-order valence-electron chi connectivity index (χ0n) is 9.80. The highest BCUT2D eigenvalue weighted by atomic mass is 35.5. The van der Waals surface area contributed by atoms with E-state index in [1.807, 2.05) is 30.3 Å². The minimum absolute atomic E-state index is 0.510. The first-order valence-electron chi connectivity index (χ1n) is 5.64. The minimum Gasteiger partial charge on any atom is -0.399 e. The van der Waals surface area contributed by atoms with E-state index in [-0.39, 0.29) is 0 Å². The molecule has 18 heavy (non-hydrogen) atoms. The Labute approximate surface area is 114 Å². The number of halogens is 1. The highest BCUT2D eigenvalue weighted by molar-refractivity contribution is 7.85. The van der Waals surface area contributed by atoms with Crippen LogP contribution >= 0.6 is 11.6 Å². The average Bonchev–Trinajstić information content (AvgIpc) is 2.40. The first-order valence-corrected chi connectivity index (χ1v) is 7.34. The lowest BCUT2D eigenvalue weighted by Gasteiger charge is -2.06. The van der Waals surface area contributed by atoms with Crippen LogP contribution in [0.2, 0.25) is 5.02 Å². The van der Waals surface area contributed by atoms with E-state index in [9.17, 15) is 4.21 Å². The van der Waals surface area contributed by atoms with E-state index < -0.39 is 10.8 Å². The first-order chi connectivity index (χ1) is 8.66. The van der Waals surface area contributed by atoms with E-state index >= 15 is 0 Å². The molecule has 0 saturated heterocycles. The number of nitrogens with two attached hydrogens (primary N) is 1. The average molecular weight is 280 g/mol.